The molecule has 7 heteroatoms. The first kappa shape index (κ1) is 23.8. The fraction of sp³-hybridized carbons (Fsp3) is 0.143. The molecule has 4 N–H and O–H groups in total. The molecule has 0 aliphatic rings. The number of phenolic OH excluding ortho intramolecular Hbond substituents is 2. The number of benzene rings is 3. The standard InChI is InChI=1S/C28H27N3O4/c1-31(2)17-20-7-4-18(5-8-20)3-6-19-9-11-22-23(13-19)24(28(35)30-27(22)34)16-29-15-21-10-12-25(32)26(33)14-21/h3-14,16,32-33H,15,17H2,1-2H3,(H2,30,34,35)/b6-3+,29-16?. The van der Waals surface area contributed by atoms with Gasteiger partial charge in [0, 0.05) is 23.5 Å². The summed E-state index contributed by atoms with van der Waals surface area (Å²) in [6, 6.07) is 18.2. The van der Waals surface area contributed by atoms with Gasteiger partial charge in [-0.1, -0.05) is 48.6 Å². The third kappa shape index (κ3) is 5.77. The fourth-order valence-corrected chi connectivity index (χ4v) is 3.79. The normalized spacial score (nSPS) is 11.9. The van der Waals surface area contributed by atoms with Crippen molar-refractivity contribution in [2.45, 2.75) is 13.1 Å². The van der Waals surface area contributed by atoms with Crippen molar-refractivity contribution in [2.24, 2.45) is 4.99 Å². The third-order valence-electron chi connectivity index (χ3n) is 5.55. The third-order valence-corrected chi connectivity index (χ3v) is 5.55. The first-order valence-electron chi connectivity index (χ1n) is 11.1. The molecule has 1 aromatic heterocycles. The smallest absolute Gasteiger partial charge is 0.258 e. The fourth-order valence-electron chi connectivity index (χ4n) is 3.79. The van der Waals surface area contributed by atoms with Crippen molar-refractivity contribution in [2.75, 3.05) is 14.1 Å². The number of hydrogen-bond acceptors (Lipinski definition) is 6. The number of aliphatic imine (C=N–C) groups is 1. The number of aromatic hydroxyl groups is 3. The molecule has 4 aromatic rings. The summed E-state index contributed by atoms with van der Waals surface area (Å²) >= 11 is 0. The highest BCUT2D eigenvalue weighted by atomic mass is 16.3. The Bertz CT molecular complexity index is 1470. The minimum Gasteiger partial charge on any atom is -0.504 e. The van der Waals surface area contributed by atoms with Crippen molar-refractivity contribution in [1.29, 1.82) is 0 Å². The number of H-pyrrole nitrogens is 1. The van der Waals surface area contributed by atoms with Crippen LogP contribution in [0.1, 0.15) is 27.8 Å². The van der Waals surface area contributed by atoms with E-state index in [1.807, 2.05) is 38.4 Å². The Kier molecular flexibility index (Phi) is 6.98. The van der Waals surface area contributed by atoms with Crippen LogP contribution in [-0.4, -0.2) is 45.5 Å². The molecule has 0 saturated carbocycles. The molecule has 0 bridgehead atoms. The van der Waals surface area contributed by atoms with Crippen molar-refractivity contribution in [3.8, 4) is 17.4 Å². The quantitative estimate of drug-likeness (QED) is 0.181. The Morgan fingerprint density at radius 2 is 1.51 bits per heavy atom. The molecule has 0 aliphatic carbocycles. The van der Waals surface area contributed by atoms with Crippen LogP contribution >= 0.6 is 0 Å². The lowest BCUT2D eigenvalue weighted by atomic mass is 10.0. The molecule has 1 heterocycles. The molecule has 0 spiro atoms. The van der Waals surface area contributed by atoms with E-state index in [9.17, 15) is 20.1 Å². The molecule has 0 amide bonds. The number of nitrogens with zero attached hydrogens (tertiary/aromatic N) is 2. The molecule has 0 unspecified atom stereocenters. The number of hydrogen-bond donors (Lipinski definition) is 4. The molecule has 178 valence electrons. The highest BCUT2D eigenvalue weighted by molar-refractivity contribution is 6.02. The maximum absolute atomic E-state index is 12.4. The van der Waals surface area contributed by atoms with Crippen LogP contribution in [0.5, 0.6) is 17.4 Å². The molecular formula is C28H27N3O4. The molecule has 3 aromatic carbocycles. The topological polar surface area (TPSA) is 109 Å². The lowest BCUT2D eigenvalue weighted by Crippen LogP contribution is -2.10. The van der Waals surface area contributed by atoms with E-state index in [2.05, 4.69) is 39.1 Å². The van der Waals surface area contributed by atoms with Crippen LogP contribution in [0.15, 0.2) is 70.5 Å². The summed E-state index contributed by atoms with van der Waals surface area (Å²) in [5.74, 6) is -0.691. The van der Waals surface area contributed by atoms with E-state index in [0.717, 1.165) is 17.7 Å². The van der Waals surface area contributed by atoms with Gasteiger partial charge < -0.3 is 20.2 Å². The minimum absolute atomic E-state index is 0.202. The molecule has 0 radical (unpaired) electrons. The lowest BCUT2D eigenvalue weighted by molar-refractivity contribution is 0.402. The summed E-state index contributed by atoms with van der Waals surface area (Å²) in [4.78, 5) is 21.3. The molecule has 35 heavy (non-hydrogen) atoms. The zero-order chi connectivity index (χ0) is 24.9. The Morgan fingerprint density at radius 1 is 0.829 bits per heavy atom. The molecule has 7 nitrogen and oxygen atoms in total. The summed E-state index contributed by atoms with van der Waals surface area (Å²) < 4.78 is 0. The monoisotopic (exact) mass is 469 g/mol. The molecular weight excluding hydrogens is 442 g/mol. The number of phenols is 2. The molecule has 0 fully saturated rings. The highest BCUT2D eigenvalue weighted by Gasteiger charge is 2.10. The van der Waals surface area contributed by atoms with Gasteiger partial charge in [-0.05, 0) is 60.6 Å². The van der Waals surface area contributed by atoms with Crippen LogP contribution in [0.4, 0.5) is 0 Å². The second-order valence-electron chi connectivity index (χ2n) is 8.63. The van der Waals surface area contributed by atoms with E-state index < -0.39 is 0 Å². The van der Waals surface area contributed by atoms with Gasteiger partial charge in [0.2, 0.25) is 5.88 Å². The number of fused-ring (bicyclic) bond motifs is 1. The van der Waals surface area contributed by atoms with Gasteiger partial charge in [-0.3, -0.25) is 14.8 Å². The van der Waals surface area contributed by atoms with E-state index in [1.165, 1.54) is 23.9 Å². The highest BCUT2D eigenvalue weighted by Crippen LogP contribution is 2.26. The summed E-state index contributed by atoms with van der Waals surface area (Å²) in [6.45, 7) is 1.10. The SMILES string of the molecule is CN(C)Cc1ccc(/C=C/c2ccc3c(=O)[nH]c(O)c(C=NCc4ccc(O)c(O)c4)c3c2)cc1. The first-order chi connectivity index (χ1) is 16.8. The van der Waals surface area contributed by atoms with E-state index >= 15 is 0 Å². The van der Waals surface area contributed by atoms with Crippen molar-refractivity contribution in [3.63, 3.8) is 0 Å². The molecule has 4 rings (SSSR count). The number of aromatic nitrogens is 1. The average Bonchev–Trinajstić information content (AvgIpc) is 2.82. The maximum atomic E-state index is 12.4. The molecule has 0 aliphatic heterocycles. The number of pyridine rings is 1. The van der Waals surface area contributed by atoms with Gasteiger partial charge in [0.25, 0.3) is 5.56 Å². The minimum atomic E-state index is -0.384. The van der Waals surface area contributed by atoms with Gasteiger partial charge >= 0.3 is 0 Å². The summed E-state index contributed by atoms with van der Waals surface area (Å²) in [5.41, 5.74) is 3.86. The Labute approximate surface area is 203 Å². The Balaban J connectivity index is 1.61. The van der Waals surface area contributed by atoms with Gasteiger partial charge in [0.1, 0.15) is 0 Å². The molecule has 0 atom stereocenters. The summed E-state index contributed by atoms with van der Waals surface area (Å²) in [6.07, 6.45) is 5.45. The van der Waals surface area contributed by atoms with Gasteiger partial charge in [0.05, 0.1) is 12.1 Å². The van der Waals surface area contributed by atoms with E-state index in [0.29, 0.717) is 21.9 Å². The van der Waals surface area contributed by atoms with Crippen molar-refractivity contribution in [1.82, 2.24) is 9.88 Å². The van der Waals surface area contributed by atoms with Gasteiger partial charge in [-0.2, -0.15) is 0 Å². The van der Waals surface area contributed by atoms with Gasteiger partial charge in [0.15, 0.2) is 11.5 Å². The van der Waals surface area contributed by atoms with Crippen molar-refractivity contribution < 1.29 is 15.3 Å². The first-order valence-corrected chi connectivity index (χ1v) is 11.1. The van der Waals surface area contributed by atoms with Crippen molar-refractivity contribution in [3.05, 3.63) is 98.8 Å². The Hall–Kier alpha value is -4.36. The van der Waals surface area contributed by atoms with E-state index in [1.54, 1.807) is 12.1 Å². The zero-order valence-electron chi connectivity index (χ0n) is 19.6. The largest absolute Gasteiger partial charge is 0.504 e. The second kappa shape index (κ2) is 10.3. The predicted molar refractivity (Wildman–Crippen MR) is 140 cm³/mol. The number of aromatic amines is 1. The number of nitrogens with one attached hydrogen (secondary N) is 1. The summed E-state index contributed by atoms with van der Waals surface area (Å²) in [7, 11) is 4.07. The van der Waals surface area contributed by atoms with E-state index in [4.69, 9.17) is 0 Å². The lowest BCUT2D eigenvalue weighted by Gasteiger charge is -2.09. The van der Waals surface area contributed by atoms with E-state index in [-0.39, 0.29) is 29.5 Å². The van der Waals surface area contributed by atoms with Crippen LogP contribution in [0.2, 0.25) is 0 Å². The van der Waals surface area contributed by atoms with Crippen LogP contribution in [0, 0.1) is 0 Å². The van der Waals surface area contributed by atoms with Crippen LogP contribution in [-0.2, 0) is 13.1 Å². The van der Waals surface area contributed by atoms with Crippen molar-refractivity contribution >= 4 is 29.1 Å². The van der Waals surface area contributed by atoms with Crippen LogP contribution < -0.4 is 5.56 Å². The molecule has 0 saturated heterocycles. The number of rotatable bonds is 7. The van der Waals surface area contributed by atoms with Gasteiger partial charge in [-0.15, -0.1) is 0 Å². The second-order valence-corrected chi connectivity index (χ2v) is 8.63. The average molecular weight is 470 g/mol. The van der Waals surface area contributed by atoms with Crippen LogP contribution in [0.25, 0.3) is 22.9 Å². The Morgan fingerprint density at radius 3 is 2.23 bits per heavy atom. The zero-order valence-corrected chi connectivity index (χ0v) is 19.6. The van der Waals surface area contributed by atoms with Gasteiger partial charge in [-0.25, -0.2) is 0 Å². The predicted octanol–water partition coefficient (Wildman–Crippen LogP) is 4.50. The van der Waals surface area contributed by atoms with Crippen LogP contribution in [0.3, 0.4) is 0 Å². The summed E-state index contributed by atoms with van der Waals surface area (Å²) in [5, 5.41) is 30.5. The maximum Gasteiger partial charge on any atom is 0.258 e.